The quantitative estimate of drug-likeness (QED) is 0.577. The van der Waals surface area contributed by atoms with Crippen molar-refractivity contribution in [1.82, 2.24) is 9.21 Å². The van der Waals surface area contributed by atoms with Crippen molar-refractivity contribution in [2.75, 3.05) is 19.6 Å². The lowest BCUT2D eigenvalue weighted by atomic mass is 9.96. The summed E-state index contributed by atoms with van der Waals surface area (Å²) in [6.45, 7) is 3.19. The highest BCUT2D eigenvalue weighted by Crippen LogP contribution is 2.25. The Labute approximate surface area is 186 Å². The number of halogens is 2. The summed E-state index contributed by atoms with van der Waals surface area (Å²) in [5.74, 6) is -0.665. The van der Waals surface area contributed by atoms with Gasteiger partial charge in [0.15, 0.2) is 0 Å². The molecule has 8 heteroatoms. The van der Waals surface area contributed by atoms with Crippen molar-refractivity contribution in [2.24, 2.45) is 5.92 Å². The van der Waals surface area contributed by atoms with Crippen molar-refractivity contribution in [2.45, 2.75) is 32.1 Å². The number of carbonyl (C=O) groups excluding carboxylic acids is 1. The van der Waals surface area contributed by atoms with Gasteiger partial charge in [-0.2, -0.15) is 0 Å². The molecule has 30 heavy (non-hydrogen) atoms. The van der Waals surface area contributed by atoms with Gasteiger partial charge in [-0.05, 0) is 43.5 Å². The van der Waals surface area contributed by atoms with E-state index in [0.29, 0.717) is 38.0 Å². The zero-order valence-corrected chi connectivity index (χ0v) is 19.3. The molecule has 0 spiro atoms. The van der Waals surface area contributed by atoms with Crippen LogP contribution in [0.3, 0.4) is 0 Å². The summed E-state index contributed by atoms with van der Waals surface area (Å²) in [6.07, 6.45) is 0.953. The third-order valence-corrected chi connectivity index (χ3v) is 7.79. The normalized spacial score (nSPS) is 15.8. The van der Waals surface area contributed by atoms with E-state index in [-0.39, 0.29) is 29.9 Å². The van der Waals surface area contributed by atoms with Crippen molar-refractivity contribution >= 4 is 31.9 Å². The largest absolute Gasteiger partial charge is 0.338 e. The predicted octanol–water partition coefficient (Wildman–Crippen LogP) is 4.18. The molecule has 0 radical (unpaired) electrons. The first-order valence-electron chi connectivity index (χ1n) is 10.0. The van der Waals surface area contributed by atoms with E-state index in [1.54, 1.807) is 29.2 Å². The van der Waals surface area contributed by atoms with Gasteiger partial charge in [-0.15, -0.1) is 0 Å². The standard InChI is InChI=1S/C22H26BrFN2O3S/c1-2-25(15-19-14-20(23)8-9-21(19)24)22(27)18-10-12-26(13-11-18)30(28,29)16-17-6-4-3-5-7-17/h3-9,14,18H,2,10-13,15-16H2,1H3. The maximum absolute atomic E-state index is 14.1. The van der Waals surface area contributed by atoms with Crippen molar-refractivity contribution in [3.8, 4) is 0 Å². The predicted molar refractivity (Wildman–Crippen MR) is 119 cm³/mol. The fourth-order valence-electron chi connectivity index (χ4n) is 3.73. The minimum absolute atomic E-state index is 0.0320. The first-order chi connectivity index (χ1) is 14.3. The Morgan fingerprint density at radius 1 is 1.17 bits per heavy atom. The van der Waals surface area contributed by atoms with Crippen molar-refractivity contribution < 1.29 is 17.6 Å². The van der Waals surface area contributed by atoms with Crippen LogP contribution >= 0.6 is 15.9 Å². The molecule has 1 saturated heterocycles. The minimum Gasteiger partial charge on any atom is -0.338 e. The van der Waals surface area contributed by atoms with Crippen LogP contribution in [0.15, 0.2) is 53.0 Å². The third-order valence-electron chi connectivity index (χ3n) is 5.45. The number of rotatable bonds is 7. The molecule has 5 nitrogen and oxygen atoms in total. The molecule has 0 N–H and O–H groups in total. The monoisotopic (exact) mass is 496 g/mol. The van der Waals surface area contributed by atoms with Crippen molar-refractivity contribution in [3.05, 3.63) is 69.9 Å². The second-order valence-corrected chi connectivity index (χ2v) is 10.4. The smallest absolute Gasteiger partial charge is 0.226 e. The summed E-state index contributed by atoms with van der Waals surface area (Å²) in [4.78, 5) is 14.6. The average molecular weight is 497 g/mol. The Morgan fingerprint density at radius 3 is 2.47 bits per heavy atom. The van der Waals surface area contributed by atoms with E-state index in [4.69, 9.17) is 0 Å². The van der Waals surface area contributed by atoms with Gasteiger partial charge in [0.05, 0.1) is 5.75 Å². The summed E-state index contributed by atoms with van der Waals surface area (Å²) >= 11 is 3.34. The Bertz CT molecular complexity index is 977. The SMILES string of the molecule is CCN(Cc1cc(Br)ccc1F)C(=O)C1CCN(S(=O)(=O)Cc2ccccc2)CC1. The molecule has 1 amide bonds. The minimum atomic E-state index is -3.42. The molecule has 1 aliphatic rings. The Kier molecular flexibility index (Phi) is 7.65. The molecule has 0 aromatic heterocycles. The summed E-state index contributed by atoms with van der Waals surface area (Å²) in [6, 6.07) is 13.8. The summed E-state index contributed by atoms with van der Waals surface area (Å²) < 4.78 is 41.8. The van der Waals surface area contributed by atoms with Crippen molar-refractivity contribution in [3.63, 3.8) is 0 Å². The number of nitrogens with zero attached hydrogens (tertiary/aromatic N) is 2. The molecule has 0 bridgehead atoms. The highest BCUT2D eigenvalue weighted by Gasteiger charge is 2.33. The molecule has 0 saturated carbocycles. The van der Waals surface area contributed by atoms with E-state index in [0.717, 1.165) is 10.0 Å². The highest BCUT2D eigenvalue weighted by atomic mass is 79.9. The molecular weight excluding hydrogens is 471 g/mol. The molecule has 0 unspecified atom stereocenters. The van der Waals surface area contributed by atoms with Gasteiger partial charge in [0.25, 0.3) is 0 Å². The van der Waals surface area contributed by atoms with Crippen LogP contribution in [0.5, 0.6) is 0 Å². The zero-order chi connectivity index (χ0) is 21.7. The summed E-state index contributed by atoms with van der Waals surface area (Å²) in [7, 11) is -3.42. The van der Waals surface area contributed by atoms with E-state index < -0.39 is 10.0 Å². The number of amides is 1. The van der Waals surface area contributed by atoms with E-state index in [1.807, 2.05) is 25.1 Å². The van der Waals surface area contributed by atoms with Gasteiger partial charge in [-0.25, -0.2) is 17.1 Å². The maximum Gasteiger partial charge on any atom is 0.226 e. The van der Waals surface area contributed by atoms with Crippen LogP contribution in [-0.2, 0) is 27.1 Å². The van der Waals surface area contributed by atoms with E-state index >= 15 is 0 Å². The van der Waals surface area contributed by atoms with Crippen LogP contribution in [0.1, 0.15) is 30.9 Å². The van der Waals surface area contributed by atoms with Gasteiger partial charge in [-0.1, -0.05) is 46.3 Å². The fraction of sp³-hybridized carbons (Fsp3) is 0.409. The molecule has 3 rings (SSSR count). The number of hydrogen-bond acceptors (Lipinski definition) is 3. The van der Waals surface area contributed by atoms with Crippen LogP contribution in [0.2, 0.25) is 0 Å². The first-order valence-corrected chi connectivity index (χ1v) is 12.4. The van der Waals surface area contributed by atoms with Gasteiger partial charge < -0.3 is 4.90 Å². The Balaban J connectivity index is 1.60. The van der Waals surface area contributed by atoms with Crippen LogP contribution in [0.25, 0.3) is 0 Å². The number of carbonyl (C=O) groups is 1. The summed E-state index contributed by atoms with van der Waals surface area (Å²) in [5, 5.41) is 0. The summed E-state index contributed by atoms with van der Waals surface area (Å²) in [5.41, 5.74) is 1.21. The topological polar surface area (TPSA) is 57.7 Å². The number of hydrogen-bond donors (Lipinski definition) is 0. The average Bonchev–Trinajstić information content (AvgIpc) is 2.74. The molecule has 1 aliphatic heterocycles. The highest BCUT2D eigenvalue weighted by molar-refractivity contribution is 9.10. The number of sulfonamides is 1. The Hall–Kier alpha value is -1.77. The van der Waals surface area contributed by atoms with Gasteiger partial charge >= 0.3 is 0 Å². The number of piperidine rings is 1. The van der Waals surface area contributed by atoms with Crippen LogP contribution < -0.4 is 0 Å². The first kappa shape index (κ1) is 22.9. The van der Waals surface area contributed by atoms with E-state index in [9.17, 15) is 17.6 Å². The lowest BCUT2D eigenvalue weighted by Gasteiger charge is -2.33. The van der Waals surface area contributed by atoms with Crippen LogP contribution in [0, 0.1) is 11.7 Å². The fourth-order valence-corrected chi connectivity index (χ4v) is 5.70. The van der Waals surface area contributed by atoms with E-state index in [1.165, 1.54) is 10.4 Å². The molecule has 2 aromatic rings. The molecular formula is C22H26BrFN2O3S. The molecule has 0 atom stereocenters. The lowest BCUT2D eigenvalue weighted by Crippen LogP contribution is -2.44. The van der Waals surface area contributed by atoms with Crippen LogP contribution in [-0.4, -0.2) is 43.2 Å². The molecule has 0 aliphatic carbocycles. The second kappa shape index (κ2) is 10.0. The molecule has 2 aromatic carbocycles. The second-order valence-electron chi connectivity index (χ2n) is 7.50. The molecule has 1 heterocycles. The number of benzene rings is 2. The van der Waals surface area contributed by atoms with E-state index in [2.05, 4.69) is 15.9 Å². The lowest BCUT2D eigenvalue weighted by molar-refractivity contribution is -0.137. The van der Waals surface area contributed by atoms with Gasteiger partial charge in [-0.3, -0.25) is 4.79 Å². The third kappa shape index (κ3) is 5.68. The van der Waals surface area contributed by atoms with Crippen LogP contribution in [0.4, 0.5) is 4.39 Å². The molecule has 162 valence electrons. The zero-order valence-electron chi connectivity index (χ0n) is 16.9. The van der Waals surface area contributed by atoms with Gasteiger partial charge in [0, 0.05) is 42.1 Å². The molecule has 1 fully saturated rings. The van der Waals surface area contributed by atoms with Gasteiger partial charge in [0.2, 0.25) is 15.9 Å². The van der Waals surface area contributed by atoms with Crippen molar-refractivity contribution in [1.29, 1.82) is 0 Å². The van der Waals surface area contributed by atoms with Gasteiger partial charge in [0.1, 0.15) is 5.82 Å². The maximum atomic E-state index is 14.1. The Morgan fingerprint density at radius 2 is 1.83 bits per heavy atom.